The lowest BCUT2D eigenvalue weighted by Crippen LogP contribution is -2.22. The molecule has 0 radical (unpaired) electrons. The highest BCUT2D eigenvalue weighted by molar-refractivity contribution is 6.04. The van der Waals surface area contributed by atoms with Crippen LogP contribution in [0.3, 0.4) is 0 Å². The lowest BCUT2D eigenvalue weighted by Gasteiger charge is -2.22. The Labute approximate surface area is 178 Å². The van der Waals surface area contributed by atoms with E-state index < -0.39 is 5.91 Å². The van der Waals surface area contributed by atoms with E-state index in [0.717, 1.165) is 35.4 Å². The van der Waals surface area contributed by atoms with Crippen LogP contribution in [0.25, 0.3) is 33.1 Å². The normalized spacial score (nSPS) is 18.7. The summed E-state index contributed by atoms with van der Waals surface area (Å²) in [7, 11) is 0. The third kappa shape index (κ3) is 3.22. The van der Waals surface area contributed by atoms with Gasteiger partial charge in [0.2, 0.25) is 0 Å². The van der Waals surface area contributed by atoms with E-state index in [2.05, 4.69) is 34.8 Å². The Morgan fingerprint density at radius 3 is 2.61 bits per heavy atom. The van der Waals surface area contributed by atoms with Gasteiger partial charge in [-0.1, -0.05) is 32.0 Å². The van der Waals surface area contributed by atoms with E-state index in [-0.39, 0.29) is 16.5 Å². The number of fused-ring (bicyclic) bond motifs is 2. The number of carbonyl (C=O) groups excluding carboxylic acids is 1. The summed E-state index contributed by atoms with van der Waals surface area (Å²) in [4.78, 5) is 39.3. The Kier molecular flexibility index (Phi) is 4.46. The fraction of sp³-hybridized carbons (Fsp3) is 0.250. The first-order chi connectivity index (χ1) is 14.9. The Morgan fingerprint density at radius 1 is 1.13 bits per heavy atom. The van der Waals surface area contributed by atoms with Crippen LogP contribution in [0.15, 0.2) is 53.5 Å². The van der Waals surface area contributed by atoms with Gasteiger partial charge in [0.15, 0.2) is 5.43 Å². The van der Waals surface area contributed by atoms with Gasteiger partial charge in [-0.3, -0.25) is 14.6 Å². The summed E-state index contributed by atoms with van der Waals surface area (Å²) in [6, 6.07) is 13.2. The number of nitrogens with zero attached hydrogens (tertiary/aromatic N) is 3. The van der Waals surface area contributed by atoms with E-state index >= 15 is 0 Å². The molecule has 31 heavy (non-hydrogen) atoms. The molecule has 156 valence electrons. The summed E-state index contributed by atoms with van der Waals surface area (Å²) in [6.45, 7) is 6.32. The number of para-hydroxylation sites is 1. The molecular weight excluding hydrogens is 390 g/mol. The van der Waals surface area contributed by atoms with Gasteiger partial charge in [0, 0.05) is 36.3 Å². The number of hydrogen-bond acceptors (Lipinski definition) is 5. The number of H-pyrrole nitrogens is 1. The molecule has 3 aromatic heterocycles. The van der Waals surface area contributed by atoms with E-state index in [9.17, 15) is 9.59 Å². The Hall–Kier alpha value is -3.74. The molecule has 1 aliphatic rings. The summed E-state index contributed by atoms with van der Waals surface area (Å²) in [5, 5.41) is 1.20. The van der Waals surface area contributed by atoms with Gasteiger partial charge >= 0.3 is 0 Å². The number of aromatic amines is 1. The zero-order chi connectivity index (χ0) is 21.7. The molecule has 0 bridgehead atoms. The minimum absolute atomic E-state index is 0.0237. The van der Waals surface area contributed by atoms with E-state index in [4.69, 9.17) is 10.7 Å². The SMILES string of the molecule is C[C@@H]1CN(c2nc3ccccc3cc2-c2cc(=O)c3c(C(N)=O)nccc3[nH]2)C[C@@H]1C. The molecule has 7 nitrogen and oxygen atoms in total. The summed E-state index contributed by atoms with van der Waals surface area (Å²) in [5.41, 5.74) is 8.05. The van der Waals surface area contributed by atoms with Gasteiger partial charge in [-0.05, 0) is 30.0 Å². The number of nitrogens with two attached hydrogens (primary N) is 1. The topological polar surface area (TPSA) is 105 Å². The van der Waals surface area contributed by atoms with E-state index in [1.54, 1.807) is 6.07 Å². The zero-order valence-electron chi connectivity index (χ0n) is 17.4. The second-order valence-electron chi connectivity index (χ2n) is 8.41. The molecule has 5 rings (SSSR count). The van der Waals surface area contributed by atoms with Crippen LogP contribution in [0.5, 0.6) is 0 Å². The maximum absolute atomic E-state index is 13.0. The highest BCUT2D eigenvalue weighted by atomic mass is 16.1. The first-order valence-corrected chi connectivity index (χ1v) is 10.4. The molecule has 3 N–H and O–H groups in total. The van der Waals surface area contributed by atoms with Crippen molar-refractivity contribution in [2.45, 2.75) is 13.8 Å². The lowest BCUT2D eigenvalue weighted by molar-refractivity contribution is 0.0997. The number of amides is 1. The minimum atomic E-state index is -0.725. The largest absolute Gasteiger partial charge is 0.364 e. The summed E-state index contributed by atoms with van der Waals surface area (Å²) in [5.74, 6) is 1.24. The molecule has 7 heteroatoms. The van der Waals surface area contributed by atoms with Crippen molar-refractivity contribution in [3.8, 4) is 11.3 Å². The second kappa shape index (κ2) is 7.19. The fourth-order valence-electron chi connectivity index (χ4n) is 4.38. The summed E-state index contributed by atoms with van der Waals surface area (Å²) >= 11 is 0. The van der Waals surface area contributed by atoms with Crippen molar-refractivity contribution in [2.24, 2.45) is 17.6 Å². The van der Waals surface area contributed by atoms with Crippen LogP contribution in [-0.4, -0.2) is 33.9 Å². The van der Waals surface area contributed by atoms with E-state index in [1.807, 2.05) is 24.3 Å². The van der Waals surface area contributed by atoms with Crippen LogP contribution in [-0.2, 0) is 0 Å². The Morgan fingerprint density at radius 2 is 1.87 bits per heavy atom. The molecular formula is C24H23N5O2. The number of carbonyl (C=O) groups is 1. The van der Waals surface area contributed by atoms with Crippen LogP contribution in [0.2, 0.25) is 0 Å². The quantitative estimate of drug-likeness (QED) is 0.536. The van der Waals surface area contributed by atoms with Crippen molar-refractivity contribution in [1.29, 1.82) is 0 Å². The van der Waals surface area contributed by atoms with Gasteiger partial charge in [0.1, 0.15) is 11.5 Å². The maximum Gasteiger partial charge on any atom is 0.268 e. The van der Waals surface area contributed by atoms with Gasteiger partial charge in [-0.15, -0.1) is 0 Å². The second-order valence-corrected chi connectivity index (χ2v) is 8.41. The van der Waals surface area contributed by atoms with Crippen LogP contribution in [0.4, 0.5) is 5.82 Å². The zero-order valence-corrected chi connectivity index (χ0v) is 17.4. The van der Waals surface area contributed by atoms with E-state index in [1.165, 1.54) is 12.3 Å². The number of nitrogens with one attached hydrogen (secondary N) is 1. The predicted molar refractivity (Wildman–Crippen MR) is 122 cm³/mol. The highest BCUT2D eigenvalue weighted by Crippen LogP contribution is 2.35. The molecule has 4 heterocycles. The average molecular weight is 413 g/mol. The number of anilines is 1. The minimum Gasteiger partial charge on any atom is -0.364 e. The molecule has 0 aliphatic carbocycles. The molecule has 2 atom stereocenters. The highest BCUT2D eigenvalue weighted by Gasteiger charge is 2.29. The Balaban J connectivity index is 1.76. The van der Waals surface area contributed by atoms with E-state index in [0.29, 0.717) is 23.0 Å². The van der Waals surface area contributed by atoms with Gasteiger partial charge in [-0.25, -0.2) is 4.98 Å². The molecule has 0 saturated carbocycles. The monoisotopic (exact) mass is 413 g/mol. The number of hydrogen-bond donors (Lipinski definition) is 2. The first-order valence-electron chi connectivity index (χ1n) is 10.4. The molecule has 1 aromatic carbocycles. The van der Waals surface area contributed by atoms with Crippen molar-refractivity contribution >= 4 is 33.5 Å². The van der Waals surface area contributed by atoms with Crippen LogP contribution in [0.1, 0.15) is 24.3 Å². The molecule has 0 spiro atoms. The maximum atomic E-state index is 13.0. The number of pyridine rings is 3. The predicted octanol–water partition coefficient (Wildman–Crippen LogP) is 3.33. The molecule has 4 aromatic rings. The lowest BCUT2D eigenvalue weighted by atomic mass is 10.0. The Bertz CT molecular complexity index is 1380. The van der Waals surface area contributed by atoms with Gasteiger partial charge < -0.3 is 15.6 Å². The van der Waals surface area contributed by atoms with Gasteiger partial charge in [0.25, 0.3) is 5.91 Å². The fourth-order valence-corrected chi connectivity index (χ4v) is 4.38. The van der Waals surface area contributed by atoms with Crippen molar-refractivity contribution in [1.82, 2.24) is 15.0 Å². The van der Waals surface area contributed by atoms with Crippen LogP contribution >= 0.6 is 0 Å². The third-order valence-corrected chi connectivity index (χ3v) is 6.26. The van der Waals surface area contributed by atoms with Crippen LogP contribution < -0.4 is 16.1 Å². The summed E-state index contributed by atoms with van der Waals surface area (Å²) < 4.78 is 0. The van der Waals surface area contributed by atoms with Gasteiger partial charge in [0.05, 0.1) is 22.1 Å². The molecule has 1 saturated heterocycles. The van der Waals surface area contributed by atoms with Crippen molar-refractivity contribution in [3.63, 3.8) is 0 Å². The van der Waals surface area contributed by atoms with Gasteiger partial charge in [-0.2, -0.15) is 0 Å². The molecule has 1 fully saturated rings. The van der Waals surface area contributed by atoms with Crippen molar-refractivity contribution in [3.05, 3.63) is 64.6 Å². The number of rotatable bonds is 3. The number of benzene rings is 1. The van der Waals surface area contributed by atoms with Crippen LogP contribution in [0, 0.1) is 11.8 Å². The molecule has 0 unspecified atom stereocenters. The summed E-state index contributed by atoms with van der Waals surface area (Å²) in [6.07, 6.45) is 1.48. The smallest absolute Gasteiger partial charge is 0.268 e. The van der Waals surface area contributed by atoms with Crippen molar-refractivity contribution in [2.75, 3.05) is 18.0 Å². The third-order valence-electron chi connectivity index (χ3n) is 6.26. The number of primary amides is 1. The standard InChI is InChI=1S/C24H23N5O2/c1-13-11-29(12-14(13)2)24-16(9-15-5-3-4-6-17(15)28-24)19-10-20(30)21-18(27-19)7-8-26-22(21)23(25)31/h3-10,13-14H,11-12H2,1-2H3,(H2,25,31)(H,27,30)/t13-,14+. The molecule has 1 amide bonds. The van der Waals surface area contributed by atoms with Crippen molar-refractivity contribution < 1.29 is 4.79 Å². The number of aromatic nitrogens is 3. The average Bonchev–Trinajstić information content (AvgIpc) is 3.10. The first kappa shape index (κ1) is 19.2. The molecule has 1 aliphatic heterocycles.